The third-order valence-electron chi connectivity index (χ3n) is 3.25. The summed E-state index contributed by atoms with van der Waals surface area (Å²) in [4.78, 5) is 13.4. The molecule has 1 fully saturated rings. The van der Waals surface area contributed by atoms with Gasteiger partial charge in [0.05, 0.1) is 11.4 Å². The van der Waals surface area contributed by atoms with E-state index in [9.17, 15) is 4.79 Å². The lowest BCUT2D eigenvalue weighted by molar-refractivity contribution is 0.0827. The average molecular weight is 279 g/mol. The quantitative estimate of drug-likeness (QED) is 0.830. The van der Waals surface area contributed by atoms with Gasteiger partial charge in [0.1, 0.15) is 0 Å². The maximum absolute atomic E-state index is 11.8. The fraction of sp³-hybridized carbons (Fsp3) is 0.500. The van der Waals surface area contributed by atoms with E-state index in [0.29, 0.717) is 16.5 Å². The van der Waals surface area contributed by atoms with E-state index in [2.05, 4.69) is 5.32 Å². The second-order valence-corrected chi connectivity index (χ2v) is 6.43. The van der Waals surface area contributed by atoms with E-state index in [1.54, 1.807) is 25.1 Å². The summed E-state index contributed by atoms with van der Waals surface area (Å²) in [6, 6.07) is 5.46. The second-order valence-electron chi connectivity index (χ2n) is 5.02. The van der Waals surface area contributed by atoms with Crippen LogP contribution in [0.5, 0.6) is 0 Å². The normalized spacial score (nSPS) is 18.3. The van der Waals surface area contributed by atoms with Crippen molar-refractivity contribution >= 4 is 29.0 Å². The zero-order valence-electron chi connectivity index (χ0n) is 11.5. The van der Waals surface area contributed by atoms with Gasteiger partial charge in [-0.15, -0.1) is 0 Å². The Labute approximate surface area is 118 Å². The molecular formula is C14H21N3OS. The first-order valence-corrected chi connectivity index (χ1v) is 7.59. The van der Waals surface area contributed by atoms with Crippen LogP contribution in [0.3, 0.4) is 0 Å². The molecule has 104 valence electrons. The molecule has 0 spiro atoms. The first kappa shape index (κ1) is 14.1. The summed E-state index contributed by atoms with van der Waals surface area (Å²) >= 11 is 2.02. The van der Waals surface area contributed by atoms with Gasteiger partial charge in [0, 0.05) is 31.5 Å². The van der Waals surface area contributed by atoms with Crippen molar-refractivity contribution in [2.75, 3.05) is 37.4 Å². The maximum Gasteiger partial charge on any atom is 0.253 e. The molecule has 2 rings (SSSR count). The van der Waals surface area contributed by atoms with E-state index < -0.39 is 0 Å². The minimum absolute atomic E-state index is 0.0235. The summed E-state index contributed by atoms with van der Waals surface area (Å²) in [7, 11) is 3.48. The Hall–Kier alpha value is -1.36. The number of anilines is 2. The molecular weight excluding hydrogens is 258 g/mol. The van der Waals surface area contributed by atoms with Crippen LogP contribution in [0.4, 0.5) is 11.4 Å². The predicted molar refractivity (Wildman–Crippen MR) is 82.8 cm³/mol. The lowest BCUT2D eigenvalue weighted by atomic mass is 10.1. The number of nitrogens with zero attached hydrogens (tertiary/aromatic N) is 1. The Kier molecular flexibility index (Phi) is 4.58. The van der Waals surface area contributed by atoms with Crippen molar-refractivity contribution in [1.82, 2.24) is 4.90 Å². The molecule has 4 nitrogen and oxygen atoms in total. The number of nitrogens with two attached hydrogens (primary N) is 1. The van der Waals surface area contributed by atoms with Crippen LogP contribution < -0.4 is 11.1 Å². The van der Waals surface area contributed by atoms with E-state index in [-0.39, 0.29) is 5.91 Å². The van der Waals surface area contributed by atoms with Gasteiger partial charge in [0.15, 0.2) is 0 Å². The number of carbonyl (C=O) groups excluding carboxylic acids is 1. The minimum Gasteiger partial charge on any atom is -0.397 e. The zero-order chi connectivity index (χ0) is 13.8. The van der Waals surface area contributed by atoms with Crippen LogP contribution in [0.25, 0.3) is 0 Å². The Morgan fingerprint density at radius 2 is 2.32 bits per heavy atom. The van der Waals surface area contributed by atoms with Crippen LogP contribution in [0.15, 0.2) is 18.2 Å². The summed E-state index contributed by atoms with van der Waals surface area (Å²) in [5, 5.41) is 4.06. The summed E-state index contributed by atoms with van der Waals surface area (Å²) in [5.41, 5.74) is 8.19. The summed E-state index contributed by atoms with van der Waals surface area (Å²) in [5.74, 6) is 1.24. The van der Waals surface area contributed by atoms with Crippen LogP contribution in [0, 0.1) is 0 Å². The van der Waals surface area contributed by atoms with Gasteiger partial charge in [0.25, 0.3) is 5.91 Å². The van der Waals surface area contributed by atoms with Crippen molar-refractivity contribution in [3.63, 3.8) is 0 Å². The minimum atomic E-state index is -0.0235. The lowest BCUT2D eigenvalue weighted by Gasteiger charge is -2.15. The molecule has 1 aliphatic rings. The second kappa shape index (κ2) is 6.19. The molecule has 5 heteroatoms. The van der Waals surface area contributed by atoms with E-state index in [0.717, 1.165) is 12.2 Å². The van der Waals surface area contributed by atoms with Crippen molar-refractivity contribution in [1.29, 1.82) is 0 Å². The first-order valence-electron chi connectivity index (χ1n) is 6.54. The zero-order valence-corrected chi connectivity index (χ0v) is 12.3. The van der Waals surface area contributed by atoms with Crippen LogP contribution in [-0.4, -0.2) is 42.4 Å². The van der Waals surface area contributed by atoms with E-state index in [1.165, 1.54) is 18.6 Å². The Balaban J connectivity index is 2.00. The van der Waals surface area contributed by atoms with Crippen LogP contribution >= 0.6 is 11.8 Å². The van der Waals surface area contributed by atoms with Crippen LogP contribution in [0.1, 0.15) is 23.2 Å². The molecule has 1 aromatic rings. The van der Waals surface area contributed by atoms with Gasteiger partial charge in [0.2, 0.25) is 0 Å². The average Bonchev–Trinajstić information content (AvgIpc) is 2.89. The molecule has 1 saturated heterocycles. The van der Waals surface area contributed by atoms with Gasteiger partial charge in [-0.3, -0.25) is 4.79 Å². The van der Waals surface area contributed by atoms with Gasteiger partial charge >= 0.3 is 0 Å². The molecule has 0 aromatic heterocycles. The largest absolute Gasteiger partial charge is 0.397 e. The molecule has 3 N–H and O–H groups in total. The summed E-state index contributed by atoms with van der Waals surface area (Å²) in [6.07, 6.45) is 2.58. The van der Waals surface area contributed by atoms with Crippen molar-refractivity contribution < 1.29 is 4.79 Å². The molecule has 1 aliphatic heterocycles. The van der Waals surface area contributed by atoms with E-state index in [4.69, 9.17) is 5.73 Å². The molecule has 1 atom stereocenters. The molecule has 0 bridgehead atoms. The van der Waals surface area contributed by atoms with E-state index in [1.807, 2.05) is 23.9 Å². The maximum atomic E-state index is 11.8. The van der Waals surface area contributed by atoms with Crippen molar-refractivity contribution in [2.45, 2.75) is 18.1 Å². The topological polar surface area (TPSA) is 58.4 Å². The van der Waals surface area contributed by atoms with Crippen LogP contribution in [-0.2, 0) is 0 Å². The molecule has 1 aromatic carbocycles. The summed E-state index contributed by atoms with van der Waals surface area (Å²) < 4.78 is 0. The SMILES string of the molecule is CN(C)C(=O)c1ccc(NCC2CCCS2)c(N)c1. The number of benzene rings is 1. The Morgan fingerprint density at radius 1 is 1.53 bits per heavy atom. The predicted octanol–water partition coefficient (Wildman–Crippen LogP) is 2.28. The van der Waals surface area contributed by atoms with Gasteiger partial charge < -0.3 is 16.0 Å². The number of hydrogen-bond donors (Lipinski definition) is 2. The molecule has 1 heterocycles. The molecule has 0 radical (unpaired) electrons. The van der Waals surface area contributed by atoms with Crippen molar-refractivity contribution in [2.24, 2.45) is 0 Å². The van der Waals surface area contributed by atoms with Gasteiger partial charge in [-0.05, 0) is 36.8 Å². The third kappa shape index (κ3) is 3.56. The molecule has 0 aliphatic carbocycles. The van der Waals surface area contributed by atoms with Crippen LogP contribution in [0.2, 0.25) is 0 Å². The number of carbonyl (C=O) groups is 1. The van der Waals surface area contributed by atoms with Gasteiger partial charge in [-0.25, -0.2) is 0 Å². The Morgan fingerprint density at radius 3 is 2.89 bits per heavy atom. The number of amides is 1. The number of nitrogen functional groups attached to an aromatic ring is 1. The Bertz CT molecular complexity index is 456. The standard InChI is InChI=1S/C14H21N3OS/c1-17(2)14(18)10-5-6-13(12(15)8-10)16-9-11-4-3-7-19-11/h5-6,8,11,16H,3-4,7,9,15H2,1-2H3. The highest BCUT2D eigenvalue weighted by Gasteiger charge is 2.16. The third-order valence-corrected chi connectivity index (χ3v) is 4.65. The highest BCUT2D eigenvalue weighted by Crippen LogP contribution is 2.27. The van der Waals surface area contributed by atoms with E-state index >= 15 is 0 Å². The van der Waals surface area contributed by atoms with Crippen molar-refractivity contribution in [3.8, 4) is 0 Å². The lowest BCUT2D eigenvalue weighted by Crippen LogP contribution is -2.22. The van der Waals surface area contributed by atoms with Gasteiger partial charge in [-0.2, -0.15) is 11.8 Å². The monoisotopic (exact) mass is 279 g/mol. The van der Waals surface area contributed by atoms with Gasteiger partial charge in [-0.1, -0.05) is 0 Å². The highest BCUT2D eigenvalue weighted by molar-refractivity contribution is 8.00. The first-order chi connectivity index (χ1) is 9.08. The smallest absolute Gasteiger partial charge is 0.253 e. The molecule has 0 saturated carbocycles. The number of rotatable bonds is 4. The van der Waals surface area contributed by atoms with Crippen molar-refractivity contribution in [3.05, 3.63) is 23.8 Å². The summed E-state index contributed by atoms with van der Waals surface area (Å²) in [6.45, 7) is 0.940. The number of nitrogens with one attached hydrogen (secondary N) is 1. The molecule has 1 unspecified atom stereocenters. The molecule has 1 amide bonds. The fourth-order valence-corrected chi connectivity index (χ4v) is 3.35. The number of hydrogen-bond acceptors (Lipinski definition) is 4. The highest BCUT2D eigenvalue weighted by atomic mass is 32.2. The number of thioether (sulfide) groups is 1. The molecule has 19 heavy (non-hydrogen) atoms. The fourth-order valence-electron chi connectivity index (χ4n) is 2.14.